The summed E-state index contributed by atoms with van der Waals surface area (Å²) >= 11 is 0. The predicted octanol–water partition coefficient (Wildman–Crippen LogP) is 2.64. The minimum Gasteiger partial charge on any atom is -0.508 e. The Morgan fingerprint density at radius 2 is 2.00 bits per heavy atom. The van der Waals surface area contributed by atoms with Gasteiger partial charge in [-0.25, -0.2) is 0 Å². The average Bonchev–Trinajstić information content (AvgIpc) is 2.74. The molecule has 106 valence electrons. The fraction of sp³-hybridized carbons (Fsp3) is 0.625. The molecule has 1 N–H and O–H groups in total. The summed E-state index contributed by atoms with van der Waals surface area (Å²) in [5.74, 6) is 1.09. The number of aryl methyl sites for hydroxylation is 1. The molecule has 0 bridgehead atoms. The zero-order valence-electron chi connectivity index (χ0n) is 12.7. The van der Waals surface area contributed by atoms with E-state index in [1.807, 2.05) is 12.1 Å². The van der Waals surface area contributed by atoms with E-state index in [4.69, 9.17) is 0 Å². The fourth-order valence-electron chi connectivity index (χ4n) is 3.18. The van der Waals surface area contributed by atoms with Crippen molar-refractivity contribution in [3.63, 3.8) is 0 Å². The highest BCUT2D eigenvalue weighted by atomic mass is 16.3. The molecule has 0 saturated carbocycles. The van der Waals surface area contributed by atoms with Gasteiger partial charge in [-0.3, -0.25) is 4.90 Å². The number of nitrogens with zero attached hydrogens (tertiary/aromatic N) is 2. The van der Waals surface area contributed by atoms with Gasteiger partial charge in [-0.05, 0) is 39.9 Å². The summed E-state index contributed by atoms with van der Waals surface area (Å²) in [6.07, 6.45) is 0. The van der Waals surface area contributed by atoms with Crippen LogP contribution in [0.2, 0.25) is 0 Å². The third-order valence-electron chi connectivity index (χ3n) is 4.45. The smallest absolute Gasteiger partial charge is 0.120 e. The molecule has 1 saturated heterocycles. The highest BCUT2D eigenvalue weighted by Crippen LogP contribution is 2.33. The number of benzene rings is 1. The van der Waals surface area contributed by atoms with E-state index in [0.29, 0.717) is 17.7 Å². The Labute approximate surface area is 116 Å². The SMILES string of the molecule is Cc1ccc(O)c(C(C)N2CC(C)C(N(C)C)C2)c1. The van der Waals surface area contributed by atoms with Gasteiger partial charge in [-0.15, -0.1) is 0 Å². The lowest BCUT2D eigenvalue weighted by Gasteiger charge is -2.26. The molecule has 1 fully saturated rings. The van der Waals surface area contributed by atoms with Crippen molar-refractivity contribution in [3.8, 4) is 5.75 Å². The lowest BCUT2D eigenvalue weighted by molar-refractivity contribution is 0.223. The second-order valence-electron chi connectivity index (χ2n) is 6.20. The standard InChI is InChI=1S/C16H26N2O/c1-11-6-7-16(19)14(8-11)13(3)18-9-12(2)15(10-18)17(4)5/h6-8,12-13,15,19H,9-10H2,1-5H3. The predicted molar refractivity (Wildman–Crippen MR) is 79.5 cm³/mol. The Kier molecular flexibility index (Phi) is 4.16. The molecule has 19 heavy (non-hydrogen) atoms. The first-order chi connectivity index (χ1) is 8.90. The van der Waals surface area contributed by atoms with Gasteiger partial charge in [0.1, 0.15) is 5.75 Å². The van der Waals surface area contributed by atoms with E-state index in [1.165, 1.54) is 5.56 Å². The maximum Gasteiger partial charge on any atom is 0.120 e. The first kappa shape index (κ1) is 14.4. The van der Waals surface area contributed by atoms with Gasteiger partial charge in [0.15, 0.2) is 0 Å². The molecule has 0 aromatic heterocycles. The lowest BCUT2D eigenvalue weighted by atomic mass is 10.0. The summed E-state index contributed by atoms with van der Waals surface area (Å²) in [7, 11) is 4.30. The van der Waals surface area contributed by atoms with Crippen LogP contribution in [-0.2, 0) is 0 Å². The number of aromatic hydroxyl groups is 1. The number of hydrogen-bond donors (Lipinski definition) is 1. The van der Waals surface area contributed by atoms with E-state index in [1.54, 1.807) is 0 Å². The first-order valence-electron chi connectivity index (χ1n) is 7.10. The van der Waals surface area contributed by atoms with Gasteiger partial charge in [-0.1, -0.05) is 24.6 Å². The summed E-state index contributed by atoms with van der Waals surface area (Å²) in [5.41, 5.74) is 2.25. The number of phenolic OH excluding ortho intramolecular Hbond substituents is 1. The summed E-state index contributed by atoms with van der Waals surface area (Å²) in [4.78, 5) is 4.79. The molecule has 1 aliphatic heterocycles. The van der Waals surface area contributed by atoms with Gasteiger partial charge in [0.25, 0.3) is 0 Å². The van der Waals surface area contributed by atoms with Crippen molar-refractivity contribution >= 4 is 0 Å². The second-order valence-corrected chi connectivity index (χ2v) is 6.20. The number of phenols is 1. The Morgan fingerprint density at radius 1 is 1.32 bits per heavy atom. The van der Waals surface area contributed by atoms with Crippen LogP contribution >= 0.6 is 0 Å². The van der Waals surface area contributed by atoms with Crippen LogP contribution in [0.1, 0.15) is 31.0 Å². The van der Waals surface area contributed by atoms with Gasteiger partial charge in [0.2, 0.25) is 0 Å². The van der Waals surface area contributed by atoms with Gasteiger partial charge < -0.3 is 10.0 Å². The largest absolute Gasteiger partial charge is 0.508 e. The highest BCUT2D eigenvalue weighted by molar-refractivity contribution is 5.37. The van der Waals surface area contributed by atoms with E-state index in [-0.39, 0.29) is 6.04 Å². The third kappa shape index (κ3) is 2.93. The molecule has 1 aromatic rings. The van der Waals surface area contributed by atoms with Crippen molar-refractivity contribution in [2.24, 2.45) is 5.92 Å². The van der Waals surface area contributed by atoms with Crippen molar-refractivity contribution in [1.82, 2.24) is 9.80 Å². The number of likely N-dealkylation sites (N-methyl/N-ethyl adjacent to an activating group) is 1. The summed E-state index contributed by atoms with van der Waals surface area (Å²) in [6.45, 7) is 8.75. The summed E-state index contributed by atoms with van der Waals surface area (Å²) < 4.78 is 0. The van der Waals surface area contributed by atoms with Crippen LogP contribution < -0.4 is 0 Å². The van der Waals surface area contributed by atoms with E-state index in [2.05, 4.69) is 50.7 Å². The molecule has 0 spiro atoms. The van der Waals surface area contributed by atoms with Crippen LogP contribution in [0.4, 0.5) is 0 Å². The van der Waals surface area contributed by atoms with Gasteiger partial charge >= 0.3 is 0 Å². The molecular formula is C16H26N2O. The molecule has 3 atom stereocenters. The summed E-state index contributed by atoms with van der Waals surface area (Å²) in [6, 6.07) is 6.75. The zero-order chi connectivity index (χ0) is 14.2. The Balaban J connectivity index is 2.17. The molecule has 0 aliphatic carbocycles. The summed E-state index contributed by atoms with van der Waals surface area (Å²) in [5, 5.41) is 10.1. The molecule has 2 rings (SSSR count). The van der Waals surface area contributed by atoms with Gasteiger partial charge in [0, 0.05) is 30.7 Å². The van der Waals surface area contributed by atoms with Crippen molar-refractivity contribution in [3.05, 3.63) is 29.3 Å². The normalized spacial score (nSPS) is 26.0. The van der Waals surface area contributed by atoms with Crippen LogP contribution in [0.15, 0.2) is 18.2 Å². The van der Waals surface area contributed by atoms with Crippen molar-refractivity contribution in [2.75, 3.05) is 27.2 Å². The van der Waals surface area contributed by atoms with Gasteiger partial charge in [-0.2, -0.15) is 0 Å². The second kappa shape index (κ2) is 5.51. The molecular weight excluding hydrogens is 236 g/mol. The third-order valence-corrected chi connectivity index (χ3v) is 4.45. The van der Waals surface area contributed by atoms with Crippen LogP contribution in [0.3, 0.4) is 0 Å². The molecule has 0 radical (unpaired) electrons. The first-order valence-corrected chi connectivity index (χ1v) is 7.10. The molecule has 1 heterocycles. The molecule has 1 aromatic carbocycles. The average molecular weight is 262 g/mol. The molecule has 3 heteroatoms. The van der Waals surface area contributed by atoms with E-state index in [9.17, 15) is 5.11 Å². The monoisotopic (exact) mass is 262 g/mol. The Hall–Kier alpha value is -1.06. The van der Waals surface area contributed by atoms with Crippen LogP contribution in [0.25, 0.3) is 0 Å². The maximum absolute atomic E-state index is 10.1. The number of hydrogen-bond acceptors (Lipinski definition) is 3. The molecule has 3 nitrogen and oxygen atoms in total. The van der Waals surface area contributed by atoms with Gasteiger partial charge in [0.05, 0.1) is 0 Å². The highest BCUT2D eigenvalue weighted by Gasteiger charge is 2.34. The quantitative estimate of drug-likeness (QED) is 0.907. The number of rotatable bonds is 3. The van der Waals surface area contributed by atoms with E-state index >= 15 is 0 Å². The van der Waals surface area contributed by atoms with Crippen molar-refractivity contribution in [1.29, 1.82) is 0 Å². The van der Waals surface area contributed by atoms with Crippen LogP contribution in [0, 0.1) is 12.8 Å². The Bertz CT molecular complexity index is 444. The molecule has 0 amide bonds. The topological polar surface area (TPSA) is 26.7 Å². The van der Waals surface area contributed by atoms with E-state index in [0.717, 1.165) is 18.7 Å². The number of likely N-dealkylation sites (tertiary alicyclic amines) is 1. The minimum atomic E-state index is 0.271. The zero-order valence-corrected chi connectivity index (χ0v) is 12.7. The van der Waals surface area contributed by atoms with Crippen molar-refractivity contribution in [2.45, 2.75) is 32.9 Å². The van der Waals surface area contributed by atoms with Crippen LogP contribution in [0.5, 0.6) is 5.75 Å². The van der Waals surface area contributed by atoms with E-state index < -0.39 is 0 Å². The van der Waals surface area contributed by atoms with Crippen LogP contribution in [-0.4, -0.2) is 48.1 Å². The lowest BCUT2D eigenvalue weighted by Crippen LogP contribution is -2.34. The fourth-order valence-corrected chi connectivity index (χ4v) is 3.18. The molecule has 3 unspecified atom stereocenters. The minimum absolute atomic E-state index is 0.271. The van der Waals surface area contributed by atoms with Crippen molar-refractivity contribution < 1.29 is 5.11 Å². The Morgan fingerprint density at radius 3 is 2.58 bits per heavy atom. The maximum atomic E-state index is 10.1. The molecule has 1 aliphatic rings.